The fourth-order valence-electron chi connectivity index (χ4n) is 3.43. The number of imidazole rings is 1. The number of fused-ring (bicyclic) bond motifs is 1. The summed E-state index contributed by atoms with van der Waals surface area (Å²) in [5.41, 5.74) is 2.08. The van der Waals surface area contributed by atoms with Crippen molar-refractivity contribution in [1.82, 2.24) is 19.9 Å². The van der Waals surface area contributed by atoms with E-state index < -0.39 is 12.1 Å². The molecule has 0 spiro atoms. The number of H-pyrrole nitrogens is 2. The molecular formula is C23H22N4O6. The molecule has 0 aliphatic rings. The first-order chi connectivity index (χ1) is 15.9. The van der Waals surface area contributed by atoms with Crippen LogP contribution in [0.4, 0.5) is 0 Å². The number of ether oxygens (including phenoxy) is 2. The molecule has 2 aromatic carbocycles. The van der Waals surface area contributed by atoms with Crippen LogP contribution < -0.4 is 15.0 Å². The number of carbonyl (C=O) groups is 1. The van der Waals surface area contributed by atoms with Crippen LogP contribution in [0.1, 0.15) is 20.3 Å². The third-order valence-electron chi connectivity index (χ3n) is 4.98. The summed E-state index contributed by atoms with van der Waals surface area (Å²) in [5, 5.41) is 19.4. The molecule has 170 valence electrons. The van der Waals surface area contributed by atoms with Gasteiger partial charge in [0.2, 0.25) is 0 Å². The van der Waals surface area contributed by atoms with E-state index in [2.05, 4.69) is 19.9 Å². The van der Waals surface area contributed by atoms with E-state index in [1.807, 2.05) is 6.92 Å². The van der Waals surface area contributed by atoms with Crippen LogP contribution in [0.3, 0.4) is 0 Å². The Kier molecular flexibility index (Phi) is 5.99. The number of rotatable bonds is 8. The maximum atomic E-state index is 12.3. The van der Waals surface area contributed by atoms with E-state index >= 15 is 0 Å². The normalized spacial score (nSPS) is 11.9. The standard InChI is InChI=1S/C23H22N4O6/c1-3-17(23(30)31)33-15-8-13(7-14(28)10-15)12-5-6-16(18(9-12)32-4-2)20-26-21-19(22(29)27-20)24-11-25-21/h5-11,17,28H,3-4H2,1-2H3,(H,30,31)(H2,24,25,26,27,29)/t17-/m0/s1. The number of hydrogen-bond acceptors (Lipinski definition) is 7. The number of phenols is 1. The second-order valence-corrected chi connectivity index (χ2v) is 7.23. The average molecular weight is 450 g/mol. The average Bonchev–Trinajstić information content (AvgIpc) is 3.26. The molecule has 2 heterocycles. The molecule has 4 N–H and O–H groups in total. The highest BCUT2D eigenvalue weighted by Gasteiger charge is 2.18. The molecule has 0 aliphatic carbocycles. The predicted molar refractivity (Wildman–Crippen MR) is 121 cm³/mol. The van der Waals surface area contributed by atoms with Gasteiger partial charge in [-0.25, -0.2) is 14.8 Å². The Balaban J connectivity index is 1.76. The first-order valence-electron chi connectivity index (χ1n) is 10.3. The van der Waals surface area contributed by atoms with E-state index in [0.29, 0.717) is 40.5 Å². The van der Waals surface area contributed by atoms with Gasteiger partial charge in [0.25, 0.3) is 5.56 Å². The largest absolute Gasteiger partial charge is 0.508 e. The van der Waals surface area contributed by atoms with Gasteiger partial charge in [-0.15, -0.1) is 0 Å². The summed E-state index contributed by atoms with van der Waals surface area (Å²) in [6, 6.07) is 9.82. The number of aromatic hydroxyl groups is 1. The molecule has 33 heavy (non-hydrogen) atoms. The number of aromatic amines is 2. The highest BCUT2D eigenvalue weighted by atomic mass is 16.5. The van der Waals surface area contributed by atoms with Crippen LogP contribution in [0.15, 0.2) is 47.5 Å². The van der Waals surface area contributed by atoms with Crippen molar-refractivity contribution in [3.8, 4) is 39.8 Å². The lowest BCUT2D eigenvalue weighted by Gasteiger charge is -2.15. The Labute approximate surface area is 187 Å². The minimum atomic E-state index is -1.08. The second kappa shape index (κ2) is 9.03. The summed E-state index contributed by atoms with van der Waals surface area (Å²) in [5.74, 6) is -0.144. The molecule has 4 aromatic rings. The zero-order valence-electron chi connectivity index (χ0n) is 18.0. The summed E-state index contributed by atoms with van der Waals surface area (Å²) >= 11 is 0. The van der Waals surface area contributed by atoms with Crippen molar-refractivity contribution in [2.75, 3.05) is 6.61 Å². The maximum Gasteiger partial charge on any atom is 0.344 e. The predicted octanol–water partition coefficient (Wildman–Crippen LogP) is 3.33. The third-order valence-corrected chi connectivity index (χ3v) is 4.98. The number of carboxylic acids is 1. The van der Waals surface area contributed by atoms with Crippen molar-refractivity contribution in [3.05, 3.63) is 53.1 Å². The van der Waals surface area contributed by atoms with Gasteiger partial charge in [-0.2, -0.15) is 0 Å². The zero-order chi connectivity index (χ0) is 23.5. The summed E-state index contributed by atoms with van der Waals surface area (Å²) in [7, 11) is 0. The number of aromatic nitrogens is 4. The minimum Gasteiger partial charge on any atom is -0.508 e. The topological polar surface area (TPSA) is 150 Å². The first kappa shape index (κ1) is 21.9. The molecule has 10 nitrogen and oxygen atoms in total. The molecule has 2 aromatic heterocycles. The SMILES string of the molecule is CCOc1cc(-c2cc(O)cc(O[C@@H](CC)C(=O)O)c2)ccc1-c1nc2nc[nH]c2c(=O)[nH]1. The number of aliphatic carboxylic acids is 1. The van der Waals surface area contributed by atoms with Crippen LogP contribution in [0.2, 0.25) is 0 Å². The Morgan fingerprint density at radius 3 is 2.70 bits per heavy atom. The lowest BCUT2D eigenvalue weighted by molar-refractivity contribution is -0.145. The van der Waals surface area contributed by atoms with Crippen LogP contribution >= 0.6 is 0 Å². The van der Waals surface area contributed by atoms with E-state index in [4.69, 9.17) is 9.47 Å². The van der Waals surface area contributed by atoms with Crippen LogP contribution in [-0.4, -0.2) is 48.8 Å². The molecule has 4 rings (SSSR count). The number of benzene rings is 2. The summed E-state index contributed by atoms with van der Waals surface area (Å²) < 4.78 is 11.3. The van der Waals surface area contributed by atoms with E-state index in [1.54, 1.807) is 31.2 Å². The van der Waals surface area contributed by atoms with E-state index in [1.165, 1.54) is 18.5 Å². The van der Waals surface area contributed by atoms with Crippen molar-refractivity contribution in [3.63, 3.8) is 0 Å². The summed E-state index contributed by atoms with van der Waals surface area (Å²) in [6.07, 6.45) is 0.647. The third kappa shape index (κ3) is 4.49. The Morgan fingerprint density at radius 2 is 1.97 bits per heavy atom. The van der Waals surface area contributed by atoms with Crippen LogP contribution in [-0.2, 0) is 4.79 Å². The molecule has 0 saturated carbocycles. The van der Waals surface area contributed by atoms with Gasteiger partial charge in [0.1, 0.15) is 23.1 Å². The van der Waals surface area contributed by atoms with Gasteiger partial charge in [-0.3, -0.25) is 4.79 Å². The molecule has 1 atom stereocenters. The van der Waals surface area contributed by atoms with E-state index in [9.17, 15) is 19.8 Å². The van der Waals surface area contributed by atoms with Crippen LogP contribution in [0.5, 0.6) is 17.2 Å². The van der Waals surface area contributed by atoms with Gasteiger partial charge in [0.05, 0.1) is 18.5 Å². The summed E-state index contributed by atoms with van der Waals surface area (Å²) in [4.78, 5) is 37.6. The molecule has 0 aliphatic heterocycles. The number of nitrogens with one attached hydrogen (secondary N) is 2. The van der Waals surface area contributed by atoms with Gasteiger partial charge < -0.3 is 29.7 Å². The number of phenolic OH excluding ortho intramolecular Hbond substituents is 1. The van der Waals surface area contributed by atoms with Crippen molar-refractivity contribution in [2.24, 2.45) is 0 Å². The fourth-order valence-corrected chi connectivity index (χ4v) is 3.43. The van der Waals surface area contributed by atoms with Crippen molar-refractivity contribution in [2.45, 2.75) is 26.4 Å². The molecule has 10 heteroatoms. The van der Waals surface area contributed by atoms with Crippen molar-refractivity contribution < 1.29 is 24.5 Å². The quantitative estimate of drug-likeness (QED) is 0.319. The van der Waals surface area contributed by atoms with Crippen LogP contribution in [0.25, 0.3) is 33.7 Å². The van der Waals surface area contributed by atoms with Crippen molar-refractivity contribution in [1.29, 1.82) is 0 Å². The molecule has 0 radical (unpaired) electrons. The highest BCUT2D eigenvalue weighted by Crippen LogP contribution is 2.36. The smallest absolute Gasteiger partial charge is 0.344 e. The maximum absolute atomic E-state index is 12.3. The van der Waals surface area contributed by atoms with Gasteiger partial charge in [0, 0.05) is 6.07 Å². The van der Waals surface area contributed by atoms with Gasteiger partial charge in [-0.1, -0.05) is 13.0 Å². The van der Waals surface area contributed by atoms with Gasteiger partial charge in [0.15, 0.2) is 17.3 Å². The Bertz CT molecular complexity index is 1380. The van der Waals surface area contributed by atoms with Gasteiger partial charge in [-0.05, 0) is 48.7 Å². The molecule has 0 fully saturated rings. The Hall–Kier alpha value is -4.34. The molecule has 0 bridgehead atoms. The number of nitrogens with zero attached hydrogens (tertiary/aromatic N) is 2. The van der Waals surface area contributed by atoms with E-state index in [-0.39, 0.29) is 29.0 Å². The number of carboxylic acid groups (broad SMARTS) is 1. The number of hydrogen-bond donors (Lipinski definition) is 4. The van der Waals surface area contributed by atoms with Crippen molar-refractivity contribution >= 4 is 17.1 Å². The van der Waals surface area contributed by atoms with Crippen LogP contribution in [0, 0.1) is 0 Å². The second-order valence-electron chi connectivity index (χ2n) is 7.23. The molecule has 0 saturated heterocycles. The lowest BCUT2D eigenvalue weighted by atomic mass is 10.0. The van der Waals surface area contributed by atoms with E-state index in [0.717, 1.165) is 0 Å². The van der Waals surface area contributed by atoms with Gasteiger partial charge >= 0.3 is 5.97 Å². The zero-order valence-corrected chi connectivity index (χ0v) is 18.0. The monoisotopic (exact) mass is 450 g/mol. The molecule has 0 unspecified atom stereocenters. The molecular weight excluding hydrogens is 428 g/mol. The first-order valence-corrected chi connectivity index (χ1v) is 10.3. The fraction of sp³-hybridized carbons (Fsp3) is 0.217. The minimum absolute atomic E-state index is 0.0697. The highest BCUT2D eigenvalue weighted by molar-refractivity contribution is 5.78. The molecule has 0 amide bonds. The summed E-state index contributed by atoms with van der Waals surface area (Å²) in [6.45, 7) is 3.91. The lowest BCUT2D eigenvalue weighted by Crippen LogP contribution is -2.25. The Morgan fingerprint density at radius 1 is 1.15 bits per heavy atom.